The molecule has 0 aliphatic carbocycles. The van der Waals surface area contributed by atoms with Gasteiger partial charge in [0.15, 0.2) is 0 Å². The van der Waals surface area contributed by atoms with Crippen LogP contribution in [-0.2, 0) is 0 Å². The summed E-state index contributed by atoms with van der Waals surface area (Å²) in [7, 11) is 2.19. The summed E-state index contributed by atoms with van der Waals surface area (Å²) in [5.74, 6) is 0. The molecule has 0 radical (unpaired) electrons. The zero-order chi connectivity index (χ0) is 10.6. The summed E-state index contributed by atoms with van der Waals surface area (Å²) in [6, 6.07) is 1.17. The average Bonchev–Trinajstić information content (AvgIpc) is 2.00. The van der Waals surface area contributed by atoms with Gasteiger partial charge in [-0.25, -0.2) is 0 Å². The third-order valence-electron chi connectivity index (χ3n) is 3.14. The SMILES string of the molecule is CC(CCN)N(C)C(C)C(C)(C)C. The fraction of sp³-hybridized carbons (Fsp3) is 1.00. The monoisotopic (exact) mass is 186 g/mol. The van der Waals surface area contributed by atoms with E-state index in [9.17, 15) is 0 Å². The predicted molar refractivity (Wildman–Crippen MR) is 59.8 cm³/mol. The first-order valence-corrected chi connectivity index (χ1v) is 5.22. The highest BCUT2D eigenvalue weighted by Crippen LogP contribution is 2.24. The molecule has 0 fully saturated rings. The zero-order valence-electron chi connectivity index (χ0n) is 10.1. The number of hydrogen-bond acceptors (Lipinski definition) is 2. The van der Waals surface area contributed by atoms with Crippen LogP contribution in [0.3, 0.4) is 0 Å². The van der Waals surface area contributed by atoms with E-state index in [4.69, 9.17) is 5.73 Å². The van der Waals surface area contributed by atoms with Crippen molar-refractivity contribution in [3.8, 4) is 0 Å². The summed E-state index contributed by atoms with van der Waals surface area (Å²) >= 11 is 0. The second-order valence-electron chi connectivity index (χ2n) is 5.13. The van der Waals surface area contributed by atoms with Gasteiger partial charge in [0, 0.05) is 12.1 Å². The van der Waals surface area contributed by atoms with Crippen molar-refractivity contribution in [3.63, 3.8) is 0 Å². The molecule has 0 saturated heterocycles. The fourth-order valence-corrected chi connectivity index (χ4v) is 1.44. The van der Waals surface area contributed by atoms with E-state index in [-0.39, 0.29) is 0 Å². The minimum absolute atomic E-state index is 0.345. The summed E-state index contributed by atoms with van der Waals surface area (Å²) < 4.78 is 0. The van der Waals surface area contributed by atoms with E-state index in [0.29, 0.717) is 17.5 Å². The first-order valence-electron chi connectivity index (χ1n) is 5.22. The Morgan fingerprint density at radius 1 is 1.23 bits per heavy atom. The standard InChI is InChI=1S/C11H26N2/c1-9(7-8-12)13(6)10(2)11(3,4)5/h9-10H,7-8,12H2,1-6H3. The molecule has 0 bridgehead atoms. The van der Waals surface area contributed by atoms with E-state index in [2.05, 4.69) is 46.6 Å². The molecule has 80 valence electrons. The zero-order valence-corrected chi connectivity index (χ0v) is 10.1. The molecule has 13 heavy (non-hydrogen) atoms. The van der Waals surface area contributed by atoms with Gasteiger partial charge in [-0.2, -0.15) is 0 Å². The van der Waals surface area contributed by atoms with E-state index < -0.39 is 0 Å². The van der Waals surface area contributed by atoms with Crippen LogP contribution >= 0.6 is 0 Å². The summed E-state index contributed by atoms with van der Waals surface area (Å²) in [6.07, 6.45) is 1.08. The molecule has 2 N–H and O–H groups in total. The van der Waals surface area contributed by atoms with Crippen LogP contribution in [-0.4, -0.2) is 30.6 Å². The highest BCUT2D eigenvalue weighted by Gasteiger charge is 2.26. The molecule has 0 aromatic carbocycles. The van der Waals surface area contributed by atoms with Crippen LogP contribution in [0.2, 0.25) is 0 Å². The van der Waals surface area contributed by atoms with Gasteiger partial charge < -0.3 is 10.6 Å². The van der Waals surface area contributed by atoms with E-state index in [0.717, 1.165) is 13.0 Å². The van der Waals surface area contributed by atoms with Crippen molar-refractivity contribution in [1.82, 2.24) is 4.90 Å². The maximum absolute atomic E-state index is 5.55. The van der Waals surface area contributed by atoms with Crippen LogP contribution in [0.25, 0.3) is 0 Å². The highest BCUT2D eigenvalue weighted by molar-refractivity contribution is 4.80. The molecular formula is C11H26N2. The molecule has 0 spiro atoms. The molecule has 0 aromatic rings. The van der Waals surface area contributed by atoms with Crippen LogP contribution in [0.15, 0.2) is 0 Å². The number of hydrogen-bond donors (Lipinski definition) is 1. The quantitative estimate of drug-likeness (QED) is 0.728. The maximum atomic E-state index is 5.55. The van der Waals surface area contributed by atoms with Crippen LogP contribution in [0, 0.1) is 5.41 Å². The smallest absolute Gasteiger partial charge is 0.0115 e. The van der Waals surface area contributed by atoms with Gasteiger partial charge in [0.2, 0.25) is 0 Å². The molecule has 0 heterocycles. The van der Waals surface area contributed by atoms with Gasteiger partial charge in [0.25, 0.3) is 0 Å². The molecule has 0 amide bonds. The molecule has 0 aliphatic heterocycles. The summed E-state index contributed by atoms with van der Waals surface area (Å²) in [5.41, 5.74) is 5.89. The predicted octanol–water partition coefficient (Wildman–Crippen LogP) is 2.09. The van der Waals surface area contributed by atoms with Gasteiger partial charge >= 0.3 is 0 Å². The van der Waals surface area contributed by atoms with Gasteiger partial charge in [-0.1, -0.05) is 20.8 Å². The van der Waals surface area contributed by atoms with Gasteiger partial charge in [-0.15, -0.1) is 0 Å². The summed E-state index contributed by atoms with van der Waals surface area (Å²) in [6.45, 7) is 12.2. The Morgan fingerprint density at radius 2 is 1.69 bits per heavy atom. The lowest BCUT2D eigenvalue weighted by atomic mass is 9.86. The fourth-order valence-electron chi connectivity index (χ4n) is 1.44. The lowest BCUT2D eigenvalue weighted by molar-refractivity contribution is 0.101. The van der Waals surface area contributed by atoms with Gasteiger partial charge in [-0.3, -0.25) is 0 Å². The minimum atomic E-state index is 0.345. The topological polar surface area (TPSA) is 29.3 Å². The Kier molecular flexibility index (Phi) is 4.93. The van der Waals surface area contributed by atoms with Crippen molar-refractivity contribution < 1.29 is 0 Å². The molecule has 0 aromatic heterocycles. The molecule has 0 rings (SSSR count). The summed E-state index contributed by atoms with van der Waals surface area (Å²) in [4.78, 5) is 2.42. The molecule has 2 heteroatoms. The van der Waals surface area contributed by atoms with Gasteiger partial charge in [0.1, 0.15) is 0 Å². The Hall–Kier alpha value is -0.0800. The third-order valence-corrected chi connectivity index (χ3v) is 3.14. The second kappa shape index (κ2) is 4.97. The maximum Gasteiger partial charge on any atom is 0.0115 e. The van der Waals surface area contributed by atoms with Crippen LogP contribution in [0.5, 0.6) is 0 Å². The van der Waals surface area contributed by atoms with E-state index >= 15 is 0 Å². The molecular weight excluding hydrogens is 160 g/mol. The van der Waals surface area contributed by atoms with Crippen LogP contribution in [0.1, 0.15) is 41.0 Å². The first-order chi connectivity index (χ1) is 5.80. The van der Waals surface area contributed by atoms with Gasteiger partial charge in [-0.05, 0) is 39.3 Å². The minimum Gasteiger partial charge on any atom is -0.330 e. The second-order valence-corrected chi connectivity index (χ2v) is 5.13. The third kappa shape index (κ3) is 4.10. The Labute approximate surface area is 83.5 Å². The normalized spacial score (nSPS) is 17.5. The summed E-state index contributed by atoms with van der Waals surface area (Å²) in [5, 5.41) is 0. The van der Waals surface area contributed by atoms with Crippen molar-refractivity contribution >= 4 is 0 Å². The van der Waals surface area contributed by atoms with Crippen molar-refractivity contribution in [3.05, 3.63) is 0 Å². The van der Waals surface area contributed by atoms with Crippen LogP contribution in [0.4, 0.5) is 0 Å². The largest absolute Gasteiger partial charge is 0.330 e. The number of rotatable bonds is 4. The molecule has 2 atom stereocenters. The van der Waals surface area contributed by atoms with Crippen LogP contribution < -0.4 is 5.73 Å². The molecule has 0 aliphatic rings. The average molecular weight is 186 g/mol. The number of nitrogens with zero attached hydrogens (tertiary/aromatic N) is 1. The van der Waals surface area contributed by atoms with Crippen molar-refractivity contribution in [2.24, 2.45) is 11.1 Å². The molecule has 2 unspecified atom stereocenters. The van der Waals surface area contributed by atoms with E-state index in [1.807, 2.05) is 0 Å². The number of nitrogens with two attached hydrogens (primary N) is 1. The van der Waals surface area contributed by atoms with E-state index in [1.54, 1.807) is 0 Å². The lowest BCUT2D eigenvalue weighted by Gasteiger charge is -2.39. The van der Waals surface area contributed by atoms with E-state index in [1.165, 1.54) is 0 Å². The Bertz CT molecular complexity index is 138. The van der Waals surface area contributed by atoms with Gasteiger partial charge in [0.05, 0.1) is 0 Å². The van der Waals surface area contributed by atoms with Crippen molar-refractivity contribution in [2.75, 3.05) is 13.6 Å². The first kappa shape index (κ1) is 12.9. The Morgan fingerprint density at radius 3 is 2.00 bits per heavy atom. The van der Waals surface area contributed by atoms with Crippen molar-refractivity contribution in [1.29, 1.82) is 0 Å². The molecule has 0 saturated carbocycles. The Balaban J connectivity index is 4.16. The van der Waals surface area contributed by atoms with Crippen molar-refractivity contribution in [2.45, 2.75) is 53.1 Å². The highest BCUT2D eigenvalue weighted by atomic mass is 15.2. The molecule has 2 nitrogen and oxygen atoms in total. The lowest BCUT2D eigenvalue weighted by Crippen LogP contribution is -2.44.